The standard InChI is InChI=1S/C25H25N5O/c1-16(2)17-5-4-6-21(12-17)30-23(15-29(3)25(30)31)22-13-18(7-9-26-22)20-11-19-8-10-27-24(19)28-14-20/h4-7,9,11-16H,8,10H2,1-3H3,(H,27,28). The van der Waals surface area contributed by atoms with Crippen molar-refractivity contribution < 1.29 is 0 Å². The Hall–Kier alpha value is -3.67. The SMILES string of the molecule is CC(C)c1cccc(-n2c(-c3cc(-c4cnc5c(c4)CCN5)ccn3)cn(C)c2=O)c1. The van der Waals surface area contributed by atoms with Crippen molar-refractivity contribution in [3.63, 3.8) is 0 Å². The van der Waals surface area contributed by atoms with Gasteiger partial charge in [0.25, 0.3) is 0 Å². The molecule has 0 spiro atoms. The zero-order valence-corrected chi connectivity index (χ0v) is 18.0. The molecule has 6 heteroatoms. The first-order valence-electron chi connectivity index (χ1n) is 10.6. The number of aryl methyl sites for hydroxylation is 1. The third-order valence-electron chi connectivity index (χ3n) is 5.85. The lowest BCUT2D eigenvalue weighted by molar-refractivity contribution is 0.819. The minimum absolute atomic E-state index is 0.0895. The van der Waals surface area contributed by atoms with Crippen LogP contribution in [-0.2, 0) is 13.5 Å². The molecule has 0 unspecified atom stereocenters. The zero-order chi connectivity index (χ0) is 21.5. The van der Waals surface area contributed by atoms with Gasteiger partial charge in [0.05, 0.1) is 17.1 Å². The van der Waals surface area contributed by atoms with Gasteiger partial charge < -0.3 is 9.88 Å². The molecule has 0 radical (unpaired) electrons. The van der Waals surface area contributed by atoms with E-state index in [0.717, 1.165) is 47.0 Å². The zero-order valence-electron chi connectivity index (χ0n) is 18.0. The maximum Gasteiger partial charge on any atom is 0.333 e. The minimum atomic E-state index is -0.0895. The number of anilines is 1. The van der Waals surface area contributed by atoms with Crippen molar-refractivity contribution in [2.45, 2.75) is 26.2 Å². The van der Waals surface area contributed by atoms with Crippen molar-refractivity contribution in [3.05, 3.63) is 82.7 Å². The number of benzene rings is 1. The lowest BCUT2D eigenvalue weighted by Crippen LogP contribution is -2.21. The number of rotatable bonds is 4. The van der Waals surface area contributed by atoms with Crippen LogP contribution < -0.4 is 11.0 Å². The van der Waals surface area contributed by atoms with Gasteiger partial charge in [0, 0.05) is 37.7 Å². The van der Waals surface area contributed by atoms with Crippen molar-refractivity contribution in [1.29, 1.82) is 0 Å². The van der Waals surface area contributed by atoms with Gasteiger partial charge in [0.2, 0.25) is 0 Å². The average Bonchev–Trinajstić information content (AvgIpc) is 3.37. The number of fused-ring (bicyclic) bond motifs is 1. The quantitative estimate of drug-likeness (QED) is 0.541. The summed E-state index contributed by atoms with van der Waals surface area (Å²) in [4.78, 5) is 22.2. The Morgan fingerprint density at radius 1 is 1.06 bits per heavy atom. The highest BCUT2D eigenvalue weighted by atomic mass is 16.1. The number of pyridine rings is 2. The molecule has 5 rings (SSSR count). The van der Waals surface area contributed by atoms with Gasteiger partial charge in [0.15, 0.2) is 0 Å². The molecule has 4 aromatic rings. The second kappa shape index (κ2) is 7.54. The van der Waals surface area contributed by atoms with Crippen molar-refractivity contribution in [1.82, 2.24) is 19.1 Å². The Balaban J connectivity index is 1.62. The summed E-state index contributed by atoms with van der Waals surface area (Å²) in [6, 6.07) is 14.3. The van der Waals surface area contributed by atoms with Crippen LogP contribution in [0.2, 0.25) is 0 Å². The highest BCUT2D eigenvalue weighted by Crippen LogP contribution is 2.29. The van der Waals surface area contributed by atoms with Gasteiger partial charge in [0.1, 0.15) is 5.82 Å². The normalized spacial score (nSPS) is 12.8. The molecule has 1 N–H and O–H groups in total. The van der Waals surface area contributed by atoms with Crippen molar-refractivity contribution >= 4 is 5.82 Å². The summed E-state index contributed by atoms with van der Waals surface area (Å²) in [5.74, 6) is 1.35. The number of hydrogen-bond acceptors (Lipinski definition) is 4. The van der Waals surface area contributed by atoms with Crippen LogP contribution in [0.3, 0.4) is 0 Å². The monoisotopic (exact) mass is 411 g/mol. The highest BCUT2D eigenvalue weighted by Gasteiger charge is 2.17. The van der Waals surface area contributed by atoms with Gasteiger partial charge in [-0.25, -0.2) is 9.78 Å². The smallest absolute Gasteiger partial charge is 0.333 e. The van der Waals surface area contributed by atoms with Crippen LogP contribution in [0.25, 0.3) is 28.2 Å². The molecule has 156 valence electrons. The first-order valence-corrected chi connectivity index (χ1v) is 10.6. The van der Waals surface area contributed by atoms with Crippen molar-refractivity contribution in [3.8, 4) is 28.2 Å². The lowest BCUT2D eigenvalue weighted by Gasteiger charge is -2.11. The van der Waals surface area contributed by atoms with Gasteiger partial charge in [-0.2, -0.15) is 0 Å². The fourth-order valence-electron chi connectivity index (χ4n) is 4.09. The van der Waals surface area contributed by atoms with E-state index in [0.29, 0.717) is 5.92 Å². The minimum Gasteiger partial charge on any atom is -0.370 e. The molecule has 1 aliphatic rings. The molecule has 0 saturated carbocycles. The summed E-state index contributed by atoms with van der Waals surface area (Å²) in [5.41, 5.74) is 6.80. The molecule has 0 aliphatic carbocycles. The molecule has 1 aliphatic heterocycles. The Morgan fingerprint density at radius 2 is 1.94 bits per heavy atom. The average molecular weight is 412 g/mol. The fraction of sp³-hybridized carbons (Fsp3) is 0.240. The Morgan fingerprint density at radius 3 is 2.77 bits per heavy atom. The van der Waals surface area contributed by atoms with E-state index in [1.54, 1.807) is 22.4 Å². The first kappa shape index (κ1) is 19.3. The number of nitrogens with zero attached hydrogens (tertiary/aromatic N) is 4. The third-order valence-corrected chi connectivity index (χ3v) is 5.85. The molecule has 1 aromatic carbocycles. The summed E-state index contributed by atoms with van der Waals surface area (Å²) >= 11 is 0. The maximum absolute atomic E-state index is 13.0. The predicted octanol–water partition coefficient (Wildman–Crippen LogP) is 4.39. The lowest BCUT2D eigenvalue weighted by atomic mass is 10.0. The number of aromatic nitrogens is 4. The van der Waals surface area contributed by atoms with Crippen LogP contribution in [0.15, 0.2) is 65.8 Å². The third kappa shape index (κ3) is 3.44. The fourth-order valence-corrected chi connectivity index (χ4v) is 4.09. The molecule has 0 atom stereocenters. The van der Waals surface area contributed by atoms with E-state index >= 15 is 0 Å². The Kier molecular flexibility index (Phi) is 4.70. The highest BCUT2D eigenvalue weighted by molar-refractivity contribution is 5.71. The van der Waals surface area contributed by atoms with Crippen LogP contribution in [0.1, 0.15) is 30.9 Å². The van der Waals surface area contributed by atoms with E-state index in [1.807, 2.05) is 36.7 Å². The van der Waals surface area contributed by atoms with Gasteiger partial charge in [-0.05, 0) is 59.4 Å². The molecule has 6 nitrogen and oxygen atoms in total. The molecule has 4 heterocycles. The van der Waals surface area contributed by atoms with Crippen molar-refractivity contribution in [2.75, 3.05) is 11.9 Å². The largest absolute Gasteiger partial charge is 0.370 e. The molecule has 0 saturated heterocycles. The van der Waals surface area contributed by atoms with E-state index < -0.39 is 0 Å². The van der Waals surface area contributed by atoms with Crippen LogP contribution in [0.5, 0.6) is 0 Å². The molecule has 0 amide bonds. The number of hydrogen-bond donors (Lipinski definition) is 1. The second-order valence-corrected chi connectivity index (χ2v) is 8.33. The summed E-state index contributed by atoms with van der Waals surface area (Å²) in [6.45, 7) is 5.23. The molecule has 0 fully saturated rings. The van der Waals surface area contributed by atoms with Crippen LogP contribution >= 0.6 is 0 Å². The Labute approximate surface area is 181 Å². The summed E-state index contributed by atoms with van der Waals surface area (Å²) in [6.07, 6.45) is 6.52. The van der Waals surface area contributed by atoms with Crippen LogP contribution in [0.4, 0.5) is 5.82 Å². The van der Waals surface area contributed by atoms with E-state index in [4.69, 9.17) is 0 Å². The maximum atomic E-state index is 13.0. The van der Waals surface area contributed by atoms with Crippen molar-refractivity contribution in [2.24, 2.45) is 7.05 Å². The number of nitrogens with one attached hydrogen (secondary N) is 1. The second-order valence-electron chi connectivity index (χ2n) is 8.33. The molecule has 3 aromatic heterocycles. The Bertz CT molecular complexity index is 1330. The van der Waals surface area contributed by atoms with Gasteiger partial charge in [-0.3, -0.25) is 9.55 Å². The summed E-state index contributed by atoms with van der Waals surface area (Å²) in [5, 5.41) is 3.30. The van der Waals surface area contributed by atoms with E-state index in [1.165, 1.54) is 11.1 Å². The van der Waals surface area contributed by atoms with Gasteiger partial charge >= 0.3 is 5.69 Å². The van der Waals surface area contributed by atoms with Gasteiger partial charge in [-0.15, -0.1) is 0 Å². The predicted molar refractivity (Wildman–Crippen MR) is 124 cm³/mol. The summed E-state index contributed by atoms with van der Waals surface area (Å²) in [7, 11) is 1.77. The molecular weight excluding hydrogens is 386 g/mol. The van der Waals surface area contributed by atoms with Crippen LogP contribution in [0, 0.1) is 0 Å². The number of imidazole rings is 1. The van der Waals surface area contributed by atoms with Gasteiger partial charge in [-0.1, -0.05) is 26.0 Å². The molecular formula is C25H25N5O. The van der Waals surface area contributed by atoms with E-state index in [2.05, 4.69) is 47.3 Å². The van der Waals surface area contributed by atoms with E-state index in [9.17, 15) is 4.79 Å². The molecule has 0 bridgehead atoms. The van der Waals surface area contributed by atoms with E-state index in [-0.39, 0.29) is 5.69 Å². The summed E-state index contributed by atoms with van der Waals surface area (Å²) < 4.78 is 3.34. The topological polar surface area (TPSA) is 64.7 Å². The van der Waals surface area contributed by atoms with Crippen LogP contribution in [-0.4, -0.2) is 25.6 Å². The first-order chi connectivity index (χ1) is 15.0. The molecule has 31 heavy (non-hydrogen) atoms.